The number of pyridine rings is 1. The Morgan fingerprint density at radius 3 is 2.79 bits per heavy atom. The summed E-state index contributed by atoms with van der Waals surface area (Å²) in [5, 5.41) is 12.6. The zero-order valence-electron chi connectivity index (χ0n) is 12.2. The van der Waals surface area contributed by atoms with E-state index in [1.54, 1.807) is 30.3 Å². The van der Waals surface area contributed by atoms with Crippen LogP contribution in [-0.2, 0) is 0 Å². The topological polar surface area (TPSA) is 43.1 Å². The first-order valence-corrected chi connectivity index (χ1v) is 7.60. The van der Waals surface area contributed by atoms with Crippen LogP contribution in [0.3, 0.4) is 0 Å². The van der Waals surface area contributed by atoms with Crippen LogP contribution in [0.5, 0.6) is 0 Å². The van der Waals surface area contributed by atoms with Gasteiger partial charge in [-0.15, -0.1) is 5.10 Å². The Kier molecular flexibility index (Phi) is 3.35. The molecular weight excluding hydrogens is 341 g/mol. The van der Waals surface area contributed by atoms with E-state index in [2.05, 4.69) is 15.5 Å². The summed E-state index contributed by atoms with van der Waals surface area (Å²) in [4.78, 5) is 0. The lowest BCUT2D eigenvalue weighted by Gasteiger charge is -2.19. The number of benzene rings is 1. The van der Waals surface area contributed by atoms with Crippen molar-refractivity contribution in [3.05, 3.63) is 52.6 Å². The maximum Gasteiger partial charge on any atom is 0.413 e. The van der Waals surface area contributed by atoms with Crippen LogP contribution in [0.2, 0.25) is 5.02 Å². The van der Waals surface area contributed by atoms with Gasteiger partial charge in [-0.3, -0.25) is 0 Å². The predicted octanol–water partition coefficient (Wildman–Crippen LogP) is 4.60. The van der Waals surface area contributed by atoms with Gasteiger partial charge in [-0.2, -0.15) is 17.7 Å². The Morgan fingerprint density at radius 1 is 1.17 bits per heavy atom. The van der Waals surface area contributed by atoms with Crippen molar-refractivity contribution in [2.45, 2.75) is 19.0 Å². The molecule has 0 saturated heterocycles. The van der Waals surface area contributed by atoms with E-state index in [1.807, 2.05) is 0 Å². The number of rotatable bonds is 1. The van der Waals surface area contributed by atoms with E-state index >= 15 is 0 Å². The van der Waals surface area contributed by atoms with Gasteiger partial charge >= 0.3 is 6.18 Å². The molecule has 122 valence electrons. The standard InChI is InChI=1S/C16H10ClF3N4/c17-10-6-5-9-7-12(15-21-22-23-24(15)14(9)8-10)11-3-1-2-4-13(11)16(18,19)20/h1,3,5-8H,2,4H2. The number of tetrazole rings is 1. The van der Waals surface area contributed by atoms with E-state index in [0.29, 0.717) is 27.9 Å². The Morgan fingerprint density at radius 2 is 2.00 bits per heavy atom. The SMILES string of the molecule is FC(F)(F)C1=C(c2cc3ccc(Cl)cc3n3nnnc23)C=CCC1. The monoisotopic (exact) mass is 350 g/mol. The van der Waals surface area contributed by atoms with Crippen LogP contribution in [0.4, 0.5) is 13.2 Å². The van der Waals surface area contributed by atoms with Crippen molar-refractivity contribution in [3.63, 3.8) is 0 Å². The molecule has 0 bridgehead atoms. The summed E-state index contributed by atoms with van der Waals surface area (Å²) in [5.41, 5.74) is 0.833. The summed E-state index contributed by atoms with van der Waals surface area (Å²) < 4.78 is 41.6. The van der Waals surface area contributed by atoms with Crippen LogP contribution >= 0.6 is 11.6 Å². The summed E-state index contributed by atoms with van der Waals surface area (Å²) in [6, 6.07) is 6.77. The zero-order chi connectivity index (χ0) is 16.9. The molecule has 2 heterocycles. The highest BCUT2D eigenvalue weighted by atomic mass is 35.5. The second-order valence-electron chi connectivity index (χ2n) is 5.51. The van der Waals surface area contributed by atoms with Crippen LogP contribution in [-0.4, -0.2) is 26.2 Å². The van der Waals surface area contributed by atoms with E-state index in [0.717, 1.165) is 0 Å². The molecule has 1 aromatic carbocycles. The number of nitrogens with zero attached hydrogens (tertiary/aromatic N) is 4. The maximum absolute atomic E-state index is 13.4. The van der Waals surface area contributed by atoms with Crippen molar-refractivity contribution in [2.75, 3.05) is 0 Å². The number of hydrogen-bond acceptors (Lipinski definition) is 3. The first-order chi connectivity index (χ1) is 11.4. The molecule has 0 spiro atoms. The number of allylic oxidation sites excluding steroid dienone is 4. The number of hydrogen-bond donors (Lipinski definition) is 0. The lowest BCUT2D eigenvalue weighted by Crippen LogP contribution is -2.15. The molecule has 0 atom stereocenters. The van der Waals surface area contributed by atoms with Gasteiger partial charge in [0, 0.05) is 21.5 Å². The van der Waals surface area contributed by atoms with Crippen molar-refractivity contribution in [1.29, 1.82) is 0 Å². The highest BCUT2D eigenvalue weighted by Gasteiger charge is 2.36. The molecule has 0 aliphatic heterocycles. The van der Waals surface area contributed by atoms with Gasteiger partial charge < -0.3 is 0 Å². The lowest BCUT2D eigenvalue weighted by atomic mass is 9.91. The van der Waals surface area contributed by atoms with Gasteiger partial charge in [-0.05, 0) is 47.0 Å². The number of fused-ring (bicyclic) bond motifs is 3. The number of alkyl halides is 3. The fourth-order valence-electron chi connectivity index (χ4n) is 2.97. The maximum atomic E-state index is 13.4. The van der Waals surface area contributed by atoms with Crippen molar-refractivity contribution < 1.29 is 13.2 Å². The molecular formula is C16H10ClF3N4. The molecule has 0 N–H and O–H groups in total. The second-order valence-corrected chi connectivity index (χ2v) is 5.94. The van der Waals surface area contributed by atoms with Crippen LogP contribution in [0, 0.1) is 0 Å². The first-order valence-electron chi connectivity index (χ1n) is 7.23. The quantitative estimate of drug-likeness (QED) is 0.644. The van der Waals surface area contributed by atoms with Gasteiger partial charge in [0.2, 0.25) is 0 Å². The first kappa shape index (κ1) is 15.1. The van der Waals surface area contributed by atoms with Crippen molar-refractivity contribution >= 4 is 33.7 Å². The van der Waals surface area contributed by atoms with Gasteiger partial charge in [-0.1, -0.05) is 29.8 Å². The largest absolute Gasteiger partial charge is 0.413 e. The smallest absolute Gasteiger partial charge is 0.192 e. The molecule has 0 amide bonds. The van der Waals surface area contributed by atoms with Gasteiger partial charge in [-0.25, -0.2) is 0 Å². The van der Waals surface area contributed by atoms with Gasteiger partial charge in [0.25, 0.3) is 0 Å². The number of aromatic nitrogens is 4. The molecule has 4 rings (SSSR count). The molecule has 1 aliphatic carbocycles. The van der Waals surface area contributed by atoms with E-state index in [4.69, 9.17) is 11.6 Å². The molecule has 0 radical (unpaired) electrons. The number of halogens is 4. The predicted molar refractivity (Wildman–Crippen MR) is 84.6 cm³/mol. The fraction of sp³-hybridized carbons (Fsp3) is 0.188. The van der Waals surface area contributed by atoms with Crippen molar-refractivity contribution in [1.82, 2.24) is 20.0 Å². The molecule has 0 saturated carbocycles. The lowest BCUT2D eigenvalue weighted by molar-refractivity contribution is -0.0933. The van der Waals surface area contributed by atoms with Crippen LogP contribution in [0.1, 0.15) is 18.4 Å². The molecule has 3 aromatic rings. The third-order valence-corrected chi connectivity index (χ3v) is 4.27. The molecule has 24 heavy (non-hydrogen) atoms. The average molecular weight is 351 g/mol. The zero-order valence-corrected chi connectivity index (χ0v) is 12.9. The molecule has 4 nitrogen and oxygen atoms in total. The Bertz CT molecular complexity index is 1020. The van der Waals surface area contributed by atoms with E-state index in [-0.39, 0.29) is 17.6 Å². The van der Waals surface area contributed by atoms with Crippen LogP contribution < -0.4 is 0 Å². The summed E-state index contributed by atoms with van der Waals surface area (Å²) in [7, 11) is 0. The molecule has 0 unspecified atom stereocenters. The van der Waals surface area contributed by atoms with Crippen molar-refractivity contribution in [3.8, 4) is 0 Å². The minimum atomic E-state index is -4.39. The van der Waals surface area contributed by atoms with Crippen molar-refractivity contribution in [2.24, 2.45) is 0 Å². The van der Waals surface area contributed by atoms with E-state index < -0.39 is 11.7 Å². The third-order valence-electron chi connectivity index (χ3n) is 4.03. The van der Waals surface area contributed by atoms with Gasteiger partial charge in [0.05, 0.1) is 5.52 Å². The minimum absolute atomic E-state index is 0.0539. The summed E-state index contributed by atoms with van der Waals surface area (Å²) >= 11 is 6.01. The van der Waals surface area contributed by atoms with Crippen LogP contribution in [0.15, 0.2) is 42.0 Å². The summed E-state index contributed by atoms with van der Waals surface area (Å²) in [6.45, 7) is 0. The Labute approximate surface area is 139 Å². The van der Waals surface area contributed by atoms with Gasteiger partial charge in [0.1, 0.15) is 0 Å². The second kappa shape index (κ2) is 5.31. The average Bonchev–Trinajstić information content (AvgIpc) is 3.03. The third kappa shape index (κ3) is 2.36. The van der Waals surface area contributed by atoms with Crippen LogP contribution in [0.25, 0.3) is 22.1 Å². The Hall–Kier alpha value is -2.41. The summed E-state index contributed by atoms with van der Waals surface area (Å²) in [5.74, 6) is 0. The molecule has 8 heteroatoms. The molecule has 1 aliphatic rings. The normalized spacial score (nSPS) is 15.7. The highest BCUT2D eigenvalue weighted by Crippen LogP contribution is 2.40. The fourth-order valence-corrected chi connectivity index (χ4v) is 3.14. The molecule has 2 aromatic heterocycles. The van der Waals surface area contributed by atoms with E-state index in [1.165, 1.54) is 10.6 Å². The highest BCUT2D eigenvalue weighted by molar-refractivity contribution is 6.31. The van der Waals surface area contributed by atoms with Gasteiger partial charge in [0.15, 0.2) is 5.65 Å². The Balaban J connectivity index is 2.09. The summed E-state index contributed by atoms with van der Waals surface area (Å²) in [6.07, 6.45) is -0.848. The molecule has 0 fully saturated rings. The minimum Gasteiger partial charge on any atom is -0.192 e. The van der Waals surface area contributed by atoms with E-state index in [9.17, 15) is 13.2 Å².